The molecule has 0 radical (unpaired) electrons. The zero-order valence-corrected chi connectivity index (χ0v) is 11.8. The number of nitrogens with zero attached hydrogens (tertiary/aromatic N) is 2. The Hall–Kier alpha value is -1.43. The number of carboxylic acids is 1. The predicted octanol–water partition coefficient (Wildman–Crippen LogP) is 1.30. The van der Waals surface area contributed by atoms with E-state index < -0.39 is 16.8 Å². The maximum absolute atomic E-state index is 11.4. The number of hydrogen-bond donors (Lipinski definition) is 1. The fourth-order valence-corrected chi connectivity index (χ4v) is 3.16. The van der Waals surface area contributed by atoms with Gasteiger partial charge in [0.1, 0.15) is 5.82 Å². The van der Waals surface area contributed by atoms with Crippen LogP contribution in [0.2, 0.25) is 0 Å². The molecule has 2 rings (SSSR count). The molecule has 0 spiro atoms. The molecule has 1 N–H and O–H groups in total. The normalized spacial score (nSPS) is 16.6. The molecule has 0 aromatic carbocycles. The first-order valence-corrected chi connectivity index (χ1v) is 7.93. The van der Waals surface area contributed by atoms with Gasteiger partial charge in [0.05, 0.1) is 5.56 Å². The van der Waals surface area contributed by atoms with E-state index in [1.807, 2.05) is 11.8 Å². The molecule has 6 heteroatoms. The molecule has 1 aromatic heterocycles. The quantitative estimate of drug-likeness (QED) is 0.901. The van der Waals surface area contributed by atoms with Crippen LogP contribution >= 0.6 is 0 Å². The van der Waals surface area contributed by atoms with E-state index in [9.17, 15) is 9.00 Å². The summed E-state index contributed by atoms with van der Waals surface area (Å²) in [5.41, 5.74) is 1.09. The van der Waals surface area contributed by atoms with Crippen LogP contribution in [0.1, 0.15) is 29.4 Å². The molecule has 0 saturated carbocycles. The summed E-state index contributed by atoms with van der Waals surface area (Å²) < 4.78 is 11.4. The number of carboxylic acid groups (broad SMARTS) is 1. The van der Waals surface area contributed by atoms with Crippen molar-refractivity contribution in [3.8, 4) is 0 Å². The molecule has 1 aliphatic rings. The summed E-state index contributed by atoms with van der Waals surface area (Å²) in [5, 5.41) is 9.15. The highest BCUT2D eigenvalue weighted by atomic mass is 32.2. The smallest absolute Gasteiger partial charge is 0.335 e. The van der Waals surface area contributed by atoms with Crippen LogP contribution in [-0.4, -0.2) is 44.9 Å². The highest BCUT2D eigenvalue weighted by molar-refractivity contribution is 7.85. The van der Waals surface area contributed by atoms with Gasteiger partial charge in [-0.25, -0.2) is 9.78 Å². The number of anilines is 1. The molecule has 1 aromatic rings. The lowest BCUT2D eigenvalue weighted by molar-refractivity contribution is 0.0696. The second-order valence-electron chi connectivity index (χ2n) is 4.60. The Bertz CT molecular complexity index is 495. The van der Waals surface area contributed by atoms with E-state index in [2.05, 4.69) is 4.98 Å². The number of pyridine rings is 1. The maximum atomic E-state index is 11.4. The van der Waals surface area contributed by atoms with Crippen molar-refractivity contribution in [1.82, 2.24) is 4.98 Å². The van der Waals surface area contributed by atoms with E-state index in [0.717, 1.165) is 18.5 Å². The standard InChI is InChI=1S/C13H18N2O3S/c1-2-3-11-8-10(13(16)17)9-12(14-11)15-4-6-19(18)7-5-15/h8-9H,2-7H2,1H3,(H,16,17). The van der Waals surface area contributed by atoms with Crippen LogP contribution < -0.4 is 4.90 Å². The first kappa shape index (κ1) is 14.0. The van der Waals surface area contributed by atoms with Crippen molar-refractivity contribution in [2.24, 2.45) is 0 Å². The van der Waals surface area contributed by atoms with Gasteiger partial charge in [-0.15, -0.1) is 0 Å². The number of rotatable bonds is 4. The van der Waals surface area contributed by atoms with Crippen LogP contribution in [0.15, 0.2) is 12.1 Å². The van der Waals surface area contributed by atoms with Crippen molar-refractivity contribution < 1.29 is 14.1 Å². The van der Waals surface area contributed by atoms with Crippen LogP contribution in [0.4, 0.5) is 5.82 Å². The minimum absolute atomic E-state index is 0.278. The van der Waals surface area contributed by atoms with E-state index >= 15 is 0 Å². The molecule has 0 atom stereocenters. The van der Waals surface area contributed by atoms with Gasteiger partial charge in [0.15, 0.2) is 0 Å². The first-order chi connectivity index (χ1) is 9.10. The van der Waals surface area contributed by atoms with E-state index in [1.54, 1.807) is 12.1 Å². The highest BCUT2D eigenvalue weighted by Gasteiger charge is 2.18. The Morgan fingerprint density at radius 2 is 2.11 bits per heavy atom. The number of carbonyl (C=O) groups is 1. The third-order valence-electron chi connectivity index (χ3n) is 3.12. The molecule has 19 heavy (non-hydrogen) atoms. The number of hydrogen-bond acceptors (Lipinski definition) is 4. The van der Waals surface area contributed by atoms with Crippen molar-refractivity contribution in [3.05, 3.63) is 23.4 Å². The zero-order valence-electron chi connectivity index (χ0n) is 11.0. The maximum Gasteiger partial charge on any atom is 0.335 e. The minimum atomic E-state index is -0.929. The van der Waals surface area contributed by atoms with Crippen LogP contribution in [0.3, 0.4) is 0 Å². The topological polar surface area (TPSA) is 70.5 Å². The van der Waals surface area contributed by atoms with Gasteiger partial charge in [-0.1, -0.05) is 13.3 Å². The third-order valence-corrected chi connectivity index (χ3v) is 4.40. The van der Waals surface area contributed by atoms with Gasteiger partial charge in [-0.3, -0.25) is 4.21 Å². The van der Waals surface area contributed by atoms with Gasteiger partial charge in [-0.05, 0) is 18.6 Å². The number of aryl methyl sites for hydroxylation is 1. The van der Waals surface area contributed by atoms with Crippen LogP contribution in [-0.2, 0) is 17.2 Å². The highest BCUT2D eigenvalue weighted by Crippen LogP contribution is 2.18. The van der Waals surface area contributed by atoms with Crippen molar-refractivity contribution in [3.63, 3.8) is 0 Å². The van der Waals surface area contributed by atoms with E-state index in [1.165, 1.54) is 0 Å². The van der Waals surface area contributed by atoms with Gasteiger partial charge in [-0.2, -0.15) is 0 Å². The molecule has 0 bridgehead atoms. The summed E-state index contributed by atoms with van der Waals surface area (Å²) in [6.45, 7) is 3.39. The second-order valence-corrected chi connectivity index (χ2v) is 6.29. The Morgan fingerprint density at radius 1 is 1.42 bits per heavy atom. The van der Waals surface area contributed by atoms with Crippen LogP contribution in [0.25, 0.3) is 0 Å². The number of aromatic nitrogens is 1. The zero-order chi connectivity index (χ0) is 13.8. The van der Waals surface area contributed by atoms with Gasteiger partial charge in [0.2, 0.25) is 0 Å². The summed E-state index contributed by atoms with van der Waals surface area (Å²) >= 11 is 0. The summed E-state index contributed by atoms with van der Waals surface area (Å²) in [6, 6.07) is 3.24. The van der Waals surface area contributed by atoms with E-state index in [-0.39, 0.29) is 5.56 Å². The Labute approximate surface area is 115 Å². The Kier molecular flexibility index (Phi) is 4.52. The summed E-state index contributed by atoms with van der Waals surface area (Å²) in [6.07, 6.45) is 1.70. The molecule has 0 amide bonds. The molecule has 1 aliphatic heterocycles. The van der Waals surface area contributed by atoms with Gasteiger partial charge >= 0.3 is 5.97 Å². The van der Waals surface area contributed by atoms with Crippen LogP contribution in [0.5, 0.6) is 0 Å². The summed E-state index contributed by atoms with van der Waals surface area (Å²) in [5.74, 6) is 1.02. The van der Waals surface area contributed by atoms with Crippen molar-refractivity contribution in [1.29, 1.82) is 0 Å². The Morgan fingerprint density at radius 3 is 2.68 bits per heavy atom. The van der Waals surface area contributed by atoms with Crippen molar-refractivity contribution in [2.75, 3.05) is 29.5 Å². The van der Waals surface area contributed by atoms with Crippen molar-refractivity contribution in [2.45, 2.75) is 19.8 Å². The molecule has 2 heterocycles. The fourth-order valence-electron chi connectivity index (χ4n) is 2.11. The molecule has 0 aliphatic carbocycles. The van der Waals surface area contributed by atoms with Gasteiger partial charge < -0.3 is 10.0 Å². The van der Waals surface area contributed by atoms with Crippen molar-refractivity contribution >= 4 is 22.6 Å². The van der Waals surface area contributed by atoms with E-state index in [0.29, 0.717) is 30.4 Å². The molecule has 0 unspecified atom stereocenters. The third kappa shape index (κ3) is 3.53. The average Bonchev–Trinajstić information content (AvgIpc) is 2.39. The summed E-state index contributed by atoms with van der Waals surface area (Å²) in [4.78, 5) is 17.7. The monoisotopic (exact) mass is 282 g/mol. The molecule has 1 saturated heterocycles. The Balaban J connectivity index is 2.27. The molecule has 5 nitrogen and oxygen atoms in total. The predicted molar refractivity (Wildman–Crippen MR) is 75.3 cm³/mol. The second kappa shape index (κ2) is 6.14. The van der Waals surface area contributed by atoms with E-state index in [4.69, 9.17) is 5.11 Å². The SMILES string of the molecule is CCCc1cc(C(=O)O)cc(N2CCS(=O)CC2)n1. The lowest BCUT2D eigenvalue weighted by Crippen LogP contribution is -2.38. The molecule has 104 valence electrons. The molecular weight excluding hydrogens is 264 g/mol. The summed E-state index contributed by atoms with van der Waals surface area (Å²) in [7, 11) is -0.743. The van der Waals surface area contributed by atoms with Crippen LogP contribution in [0, 0.1) is 0 Å². The minimum Gasteiger partial charge on any atom is -0.478 e. The molecular formula is C13H18N2O3S. The van der Waals surface area contributed by atoms with Gasteiger partial charge in [0, 0.05) is 41.1 Å². The van der Waals surface area contributed by atoms with Gasteiger partial charge in [0.25, 0.3) is 0 Å². The lowest BCUT2D eigenvalue weighted by atomic mass is 10.1. The fraction of sp³-hybridized carbons (Fsp3) is 0.538. The average molecular weight is 282 g/mol. The number of aromatic carboxylic acids is 1. The first-order valence-electron chi connectivity index (χ1n) is 6.44. The largest absolute Gasteiger partial charge is 0.478 e. The molecule has 1 fully saturated rings. The lowest BCUT2D eigenvalue weighted by Gasteiger charge is -2.27.